The first kappa shape index (κ1) is 22.0. The average molecular weight is 399 g/mol. The summed E-state index contributed by atoms with van der Waals surface area (Å²) >= 11 is 4.28. The van der Waals surface area contributed by atoms with Crippen LogP contribution in [0, 0.1) is 0 Å². The standard InChI is InChI=1S/C20H30O6S/c1-2-3-4-5-9-12-16(21)26-19-18(23)17(22)15(25-20(19)27)13-24-14-10-7-6-8-11-14/h6-8,10-11,15,17-20,22-23,27H,2-5,9,12-13H2,1H3/t15-,17-,18+,19+,20+/m1/s1. The van der Waals surface area contributed by atoms with E-state index in [4.69, 9.17) is 14.2 Å². The minimum Gasteiger partial charge on any atom is -0.491 e. The number of esters is 1. The van der Waals surface area contributed by atoms with E-state index in [1.807, 2.05) is 18.2 Å². The number of aliphatic hydroxyl groups excluding tert-OH is 2. The molecule has 0 aromatic heterocycles. The lowest BCUT2D eigenvalue weighted by Gasteiger charge is -2.40. The maximum absolute atomic E-state index is 12.0. The van der Waals surface area contributed by atoms with Crippen molar-refractivity contribution in [2.75, 3.05) is 6.61 Å². The summed E-state index contributed by atoms with van der Waals surface area (Å²) in [6.07, 6.45) is 1.08. The molecule has 1 aromatic carbocycles. The predicted molar refractivity (Wildman–Crippen MR) is 105 cm³/mol. The van der Waals surface area contributed by atoms with Crippen molar-refractivity contribution >= 4 is 18.6 Å². The molecule has 1 heterocycles. The highest BCUT2D eigenvalue weighted by atomic mass is 32.1. The van der Waals surface area contributed by atoms with E-state index in [0.29, 0.717) is 5.75 Å². The van der Waals surface area contributed by atoms with Gasteiger partial charge in [0.05, 0.1) is 0 Å². The zero-order valence-electron chi connectivity index (χ0n) is 15.7. The highest BCUT2D eigenvalue weighted by Gasteiger charge is 2.45. The Morgan fingerprint density at radius 3 is 2.52 bits per heavy atom. The summed E-state index contributed by atoms with van der Waals surface area (Å²) in [5, 5.41) is 20.7. The molecule has 0 amide bonds. The zero-order chi connectivity index (χ0) is 19.6. The van der Waals surface area contributed by atoms with E-state index < -0.39 is 35.8 Å². The summed E-state index contributed by atoms with van der Waals surface area (Å²) in [6.45, 7) is 2.19. The first-order chi connectivity index (χ1) is 13.0. The summed E-state index contributed by atoms with van der Waals surface area (Å²) in [7, 11) is 0. The van der Waals surface area contributed by atoms with Gasteiger partial charge in [-0.2, -0.15) is 0 Å². The Balaban J connectivity index is 1.79. The predicted octanol–water partition coefficient (Wildman–Crippen LogP) is 2.71. The summed E-state index contributed by atoms with van der Waals surface area (Å²) in [4.78, 5) is 12.0. The molecule has 0 aliphatic carbocycles. The Labute approximate surface area is 166 Å². The number of hydrogen-bond acceptors (Lipinski definition) is 7. The number of rotatable bonds is 10. The highest BCUT2D eigenvalue weighted by Crippen LogP contribution is 2.27. The fraction of sp³-hybridized carbons (Fsp3) is 0.650. The van der Waals surface area contributed by atoms with Crippen LogP contribution in [0.3, 0.4) is 0 Å². The molecule has 5 atom stereocenters. The molecule has 1 fully saturated rings. The SMILES string of the molecule is CCCCCCCC(=O)O[C@H]1[C@@H](O)[C@H](O)[C@@H](COc2ccccc2)O[C@H]1S. The number of carbonyl (C=O) groups excluding carboxylic acids is 1. The summed E-state index contributed by atoms with van der Waals surface area (Å²) in [5.41, 5.74) is -0.836. The van der Waals surface area contributed by atoms with Crippen LogP contribution in [-0.2, 0) is 14.3 Å². The van der Waals surface area contributed by atoms with Crippen LogP contribution in [0.15, 0.2) is 30.3 Å². The molecule has 1 aliphatic rings. The second-order valence-corrected chi connectivity index (χ2v) is 7.30. The second-order valence-electron chi connectivity index (χ2n) is 6.79. The maximum Gasteiger partial charge on any atom is 0.306 e. The highest BCUT2D eigenvalue weighted by molar-refractivity contribution is 7.80. The normalized spacial score (nSPS) is 27.9. The molecular formula is C20H30O6S. The zero-order valence-corrected chi connectivity index (χ0v) is 16.6. The summed E-state index contributed by atoms with van der Waals surface area (Å²) in [5.74, 6) is 0.222. The molecule has 1 aliphatic heterocycles. The summed E-state index contributed by atoms with van der Waals surface area (Å²) < 4.78 is 16.5. The van der Waals surface area contributed by atoms with Crippen molar-refractivity contribution in [2.24, 2.45) is 0 Å². The molecule has 0 spiro atoms. The molecule has 0 radical (unpaired) electrons. The van der Waals surface area contributed by atoms with Crippen LogP contribution in [0.5, 0.6) is 5.75 Å². The number of ether oxygens (including phenoxy) is 3. The van der Waals surface area contributed by atoms with Gasteiger partial charge in [0.15, 0.2) is 6.10 Å². The monoisotopic (exact) mass is 398 g/mol. The lowest BCUT2D eigenvalue weighted by molar-refractivity contribution is -0.217. The van der Waals surface area contributed by atoms with Gasteiger partial charge in [-0.15, -0.1) is 12.6 Å². The van der Waals surface area contributed by atoms with Crippen molar-refractivity contribution in [3.8, 4) is 5.75 Å². The van der Waals surface area contributed by atoms with E-state index in [2.05, 4.69) is 19.6 Å². The maximum atomic E-state index is 12.0. The van der Waals surface area contributed by atoms with E-state index in [-0.39, 0.29) is 13.0 Å². The van der Waals surface area contributed by atoms with Crippen LogP contribution < -0.4 is 4.74 Å². The van der Waals surface area contributed by atoms with Gasteiger partial charge >= 0.3 is 5.97 Å². The second kappa shape index (κ2) is 11.5. The number of carbonyl (C=O) groups is 1. The summed E-state index contributed by atoms with van der Waals surface area (Å²) in [6, 6.07) is 9.11. The lowest BCUT2D eigenvalue weighted by Crippen LogP contribution is -2.58. The average Bonchev–Trinajstić information content (AvgIpc) is 2.67. The largest absolute Gasteiger partial charge is 0.491 e. The molecule has 7 heteroatoms. The van der Waals surface area contributed by atoms with E-state index in [0.717, 1.165) is 32.1 Å². The first-order valence-corrected chi connectivity index (χ1v) is 10.1. The number of hydrogen-bond donors (Lipinski definition) is 3. The fourth-order valence-electron chi connectivity index (χ4n) is 2.96. The molecule has 0 bridgehead atoms. The Morgan fingerprint density at radius 1 is 1.11 bits per heavy atom. The van der Waals surface area contributed by atoms with E-state index in [1.165, 1.54) is 0 Å². The smallest absolute Gasteiger partial charge is 0.306 e. The van der Waals surface area contributed by atoms with E-state index >= 15 is 0 Å². The van der Waals surface area contributed by atoms with Gasteiger partial charge in [-0.25, -0.2) is 0 Å². The van der Waals surface area contributed by atoms with Gasteiger partial charge in [0, 0.05) is 6.42 Å². The minimum atomic E-state index is -1.28. The van der Waals surface area contributed by atoms with E-state index in [1.54, 1.807) is 12.1 Å². The van der Waals surface area contributed by atoms with Gasteiger partial charge in [-0.05, 0) is 18.6 Å². The number of aliphatic hydroxyl groups is 2. The van der Waals surface area contributed by atoms with Crippen molar-refractivity contribution in [3.63, 3.8) is 0 Å². The van der Waals surface area contributed by atoms with Crippen molar-refractivity contribution in [3.05, 3.63) is 30.3 Å². The molecule has 2 rings (SSSR count). The van der Waals surface area contributed by atoms with Gasteiger partial charge in [-0.3, -0.25) is 4.79 Å². The van der Waals surface area contributed by atoms with Crippen molar-refractivity contribution in [1.82, 2.24) is 0 Å². The molecule has 152 valence electrons. The number of para-hydroxylation sites is 1. The van der Waals surface area contributed by atoms with Gasteiger partial charge < -0.3 is 24.4 Å². The van der Waals surface area contributed by atoms with Gasteiger partial charge in [0.25, 0.3) is 0 Å². The van der Waals surface area contributed by atoms with Gasteiger partial charge in [0.1, 0.15) is 36.1 Å². The molecule has 6 nitrogen and oxygen atoms in total. The topological polar surface area (TPSA) is 85.2 Å². The van der Waals surface area contributed by atoms with Crippen LogP contribution in [0.2, 0.25) is 0 Å². The van der Waals surface area contributed by atoms with Crippen LogP contribution in [-0.4, -0.2) is 52.6 Å². The van der Waals surface area contributed by atoms with Crippen molar-refractivity contribution in [1.29, 1.82) is 0 Å². The van der Waals surface area contributed by atoms with Crippen LogP contribution >= 0.6 is 12.6 Å². The molecule has 2 N–H and O–H groups in total. The van der Waals surface area contributed by atoms with Crippen LogP contribution in [0.4, 0.5) is 0 Å². The quantitative estimate of drug-likeness (QED) is 0.319. The Morgan fingerprint density at radius 2 is 1.81 bits per heavy atom. The van der Waals surface area contributed by atoms with E-state index in [9.17, 15) is 15.0 Å². The third-order valence-corrected chi connectivity index (χ3v) is 4.99. The molecule has 0 unspecified atom stereocenters. The number of unbranched alkanes of at least 4 members (excludes halogenated alkanes) is 4. The lowest BCUT2D eigenvalue weighted by atomic mass is 10.00. The van der Waals surface area contributed by atoms with Crippen molar-refractivity contribution < 1.29 is 29.2 Å². The third kappa shape index (κ3) is 6.99. The van der Waals surface area contributed by atoms with Crippen LogP contribution in [0.1, 0.15) is 45.4 Å². The fourth-order valence-corrected chi connectivity index (χ4v) is 3.36. The Kier molecular flexibility index (Phi) is 9.41. The minimum absolute atomic E-state index is 0.0530. The molecular weight excluding hydrogens is 368 g/mol. The molecule has 27 heavy (non-hydrogen) atoms. The Hall–Kier alpha value is -1.28. The number of thiol groups is 1. The number of benzene rings is 1. The first-order valence-electron chi connectivity index (χ1n) is 9.60. The van der Waals surface area contributed by atoms with Gasteiger partial charge in [0.2, 0.25) is 0 Å². The van der Waals surface area contributed by atoms with Crippen LogP contribution in [0.25, 0.3) is 0 Å². The molecule has 0 saturated carbocycles. The van der Waals surface area contributed by atoms with Gasteiger partial charge in [-0.1, -0.05) is 50.8 Å². The van der Waals surface area contributed by atoms with Crippen molar-refractivity contribution in [2.45, 2.75) is 75.3 Å². The molecule has 1 aromatic rings. The Bertz CT molecular complexity index is 555. The third-order valence-electron chi connectivity index (χ3n) is 4.57. The molecule has 1 saturated heterocycles.